The van der Waals surface area contributed by atoms with E-state index in [0.29, 0.717) is 16.9 Å². The first kappa shape index (κ1) is 15.3. The molecule has 0 bridgehead atoms. The predicted molar refractivity (Wildman–Crippen MR) is 84.6 cm³/mol. The summed E-state index contributed by atoms with van der Waals surface area (Å²) < 4.78 is 6.57. The number of nitrogens with zero attached hydrogens (tertiary/aromatic N) is 1. The van der Waals surface area contributed by atoms with Gasteiger partial charge < -0.3 is 4.74 Å². The van der Waals surface area contributed by atoms with Gasteiger partial charge in [-0.25, -0.2) is 0 Å². The maximum absolute atomic E-state index is 12.1. The standard InChI is InChI=1S/C17H14BrNO2/c1-11-7-13(9-19)8-12(2)17(11)21-10-16(20)14-3-5-15(18)6-4-14/h3-8H,10H2,1-2H3. The molecule has 106 valence electrons. The smallest absolute Gasteiger partial charge is 0.200 e. The Kier molecular flexibility index (Phi) is 4.77. The van der Waals surface area contributed by atoms with Gasteiger partial charge in [-0.3, -0.25) is 4.79 Å². The largest absolute Gasteiger partial charge is 0.485 e. The number of ketones is 1. The van der Waals surface area contributed by atoms with Crippen LogP contribution in [0.4, 0.5) is 0 Å². The van der Waals surface area contributed by atoms with Crippen molar-refractivity contribution < 1.29 is 9.53 Å². The third kappa shape index (κ3) is 3.71. The van der Waals surface area contributed by atoms with Crippen LogP contribution in [0.25, 0.3) is 0 Å². The number of Topliss-reactive ketones (excluding diaryl/α,β-unsaturated/α-hetero) is 1. The van der Waals surface area contributed by atoms with Gasteiger partial charge in [0.15, 0.2) is 12.4 Å². The van der Waals surface area contributed by atoms with Crippen molar-refractivity contribution in [2.45, 2.75) is 13.8 Å². The quantitative estimate of drug-likeness (QED) is 0.781. The zero-order chi connectivity index (χ0) is 15.4. The molecule has 21 heavy (non-hydrogen) atoms. The highest BCUT2D eigenvalue weighted by Crippen LogP contribution is 2.24. The van der Waals surface area contributed by atoms with Crippen LogP contribution >= 0.6 is 15.9 Å². The summed E-state index contributed by atoms with van der Waals surface area (Å²) in [4.78, 5) is 12.1. The van der Waals surface area contributed by atoms with Crippen molar-refractivity contribution in [1.29, 1.82) is 5.26 Å². The summed E-state index contributed by atoms with van der Waals surface area (Å²) in [7, 11) is 0. The van der Waals surface area contributed by atoms with Crippen LogP contribution in [0.5, 0.6) is 5.75 Å². The van der Waals surface area contributed by atoms with Crippen LogP contribution in [-0.4, -0.2) is 12.4 Å². The number of rotatable bonds is 4. The minimum Gasteiger partial charge on any atom is -0.485 e. The summed E-state index contributed by atoms with van der Waals surface area (Å²) in [6.07, 6.45) is 0. The molecule has 0 spiro atoms. The molecule has 3 nitrogen and oxygen atoms in total. The van der Waals surface area contributed by atoms with Gasteiger partial charge in [0.25, 0.3) is 0 Å². The molecule has 0 aliphatic heterocycles. The lowest BCUT2D eigenvalue weighted by molar-refractivity contribution is 0.0920. The Morgan fingerprint density at radius 1 is 1.19 bits per heavy atom. The molecule has 0 atom stereocenters. The molecule has 0 N–H and O–H groups in total. The highest BCUT2D eigenvalue weighted by molar-refractivity contribution is 9.10. The van der Waals surface area contributed by atoms with Gasteiger partial charge in [0, 0.05) is 10.0 Å². The molecule has 0 saturated heterocycles. The molecule has 0 saturated carbocycles. The van der Waals surface area contributed by atoms with E-state index < -0.39 is 0 Å². The molecule has 0 radical (unpaired) electrons. The van der Waals surface area contributed by atoms with Crippen LogP contribution in [0.1, 0.15) is 27.0 Å². The molecule has 0 fully saturated rings. The van der Waals surface area contributed by atoms with Crippen molar-refractivity contribution in [3.05, 3.63) is 63.1 Å². The van der Waals surface area contributed by atoms with Crippen molar-refractivity contribution in [2.24, 2.45) is 0 Å². The monoisotopic (exact) mass is 343 g/mol. The second-order valence-electron chi connectivity index (χ2n) is 4.77. The van der Waals surface area contributed by atoms with E-state index in [4.69, 9.17) is 10.00 Å². The van der Waals surface area contributed by atoms with E-state index in [-0.39, 0.29) is 12.4 Å². The van der Waals surface area contributed by atoms with E-state index in [1.165, 1.54) is 0 Å². The molecular formula is C17H14BrNO2. The van der Waals surface area contributed by atoms with Gasteiger partial charge in [-0.1, -0.05) is 28.1 Å². The normalized spacial score (nSPS) is 10.0. The number of nitriles is 1. The summed E-state index contributed by atoms with van der Waals surface area (Å²) in [6.45, 7) is 3.72. The Balaban J connectivity index is 2.12. The zero-order valence-electron chi connectivity index (χ0n) is 11.8. The Morgan fingerprint density at radius 3 is 2.29 bits per heavy atom. The first-order chi connectivity index (χ1) is 10.0. The topological polar surface area (TPSA) is 50.1 Å². The number of ether oxygens (including phenoxy) is 1. The predicted octanol–water partition coefficient (Wildman–Crippen LogP) is 4.20. The van der Waals surface area contributed by atoms with Gasteiger partial charge in [0.2, 0.25) is 0 Å². The SMILES string of the molecule is Cc1cc(C#N)cc(C)c1OCC(=O)c1ccc(Br)cc1. The molecule has 0 aliphatic rings. The lowest BCUT2D eigenvalue weighted by Crippen LogP contribution is -2.12. The number of halogens is 1. The lowest BCUT2D eigenvalue weighted by atomic mass is 10.1. The number of hydrogen-bond donors (Lipinski definition) is 0. The third-order valence-corrected chi connectivity index (χ3v) is 3.63. The Labute approximate surface area is 132 Å². The molecule has 0 unspecified atom stereocenters. The molecule has 0 aromatic heterocycles. The van der Waals surface area contributed by atoms with Crippen LogP contribution in [-0.2, 0) is 0 Å². The summed E-state index contributed by atoms with van der Waals surface area (Å²) in [5, 5.41) is 8.92. The fraction of sp³-hybridized carbons (Fsp3) is 0.176. The van der Waals surface area contributed by atoms with Crippen molar-refractivity contribution in [2.75, 3.05) is 6.61 Å². The van der Waals surface area contributed by atoms with Crippen molar-refractivity contribution >= 4 is 21.7 Å². The minimum atomic E-state index is -0.0781. The second-order valence-corrected chi connectivity index (χ2v) is 5.69. The molecule has 4 heteroatoms. The van der Waals surface area contributed by atoms with E-state index in [1.54, 1.807) is 24.3 Å². The van der Waals surface area contributed by atoms with Crippen molar-refractivity contribution in [1.82, 2.24) is 0 Å². The van der Waals surface area contributed by atoms with Gasteiger partial charge in [0.05, 0.1) is 11.6 Å². The van der Waals surface area contributed by atoms with Gasteiger partial charge in [-0.05, 0) is 49.2 Å². The lowest BCUT2D eigenvalue weighted by Gasteiger charge is -2.12. The Hall–Kier alpha value is -2.12. The fourth-order valence-corrected chi connectivity index (χ4v) is 2.36. The summed E-state index contributed by atoms with van der Waals surface area (Å²) >= 11 is 3.33. The molecule has 0 amide bonds. The summed E-state index contributed by atoms with van der Waals surface area (Å²) in [6, 6.07) is 12.8. The van der Waals surface area contributed by atoms with E-state index in [1.807, 2.05) is 26.0 Å². The van der Waals surface area contributed by atoms with E-state index >= 15 is 0 Å². The average Bonchev–Trinajstić information content (AvgIpc) is 2.46. The summed E-state index contributed by atoms with van der Waals surface area (Å²) in [5.74, 6) is 0.588. The maximum atomic E-state index is 12.1. The van der Waals surface area contributed by atoms with Gasteiger partial charge in [0.1, 0.15) is 5.75 Å². The van der Waals surface area contributed by atoms with Crippen molar-refractivity contribution in [3.63, 3.8) is 0 Å². The maximum Gasteiger partial charge on any atom is 0.200 e. The zero-order valence-corrected chi connectivity index (χ0v) is 13.4. The van der Waals surface area contributed by atoms with E-state index in [0.717, 1.165) is 15.6 Å². The van der Waals surface area contributed by atoms with Crippen molar-refractivity contribution in [3.8, 4) is 11.8 Å². The molecule has 2 aromatic carbocycles. The Morgan fingerprint density at radius 2 is 1.76 bits per heavy atom. The fourth-order valence-electron chi connectivity index (χ4n) is 2.10. The number of aryl methyl sites for hydroxylation is 2. The van der Waals surface area contributed by atoms with Gasteiger partial charge >= 0.3 is 0 Å². The van der Waals surface area contributed by atoms with Crippen LogP contribution < -0.4 is 4.74 Å². The van der Waals surface area contributed by atoms with E-state index in [2.05, 4.69) is 22.0 Å². The van der Waals surface area contributed by atoms with E-state index in [9.17, 15) is 4.79 Å². The third-order valence-electron chi connectivity index (χ3n) is 3.10. The Bertz CT molecular complexity index is 692. The van der Waals surface area contributed by atoms with Crippen LogP contribution in [0.2, 0.25) is 0 Å². The molecule has 2 rings (SSSR count). The van der Waals surface area contributed by atoms with Crippen LogP contribution in [0.3, 0.4) is 0 Å². The molecular weight excluding hydrogens is 330 g/mol. The van der Waals surface area contributed by atoms with Crippen LogP contribution in [0, 0.1) is 25.2 Å². The first-order valence-electron chi connectivity index (χ1n) is 6.44. The van der Waals surface area contributed by atoms with Crippen LogP contribution in [0.15, 0.2) is 40.9 Å². The number of carbonyl (C=O) groups excluding carboxylic acids is 1. The number of carbonyl (C=O) groups is 1. The second kappa shape index (κ2) is 6.55. The summed E-state index contributed by atoms with van der Waals surface area (Å²) in [5.41, 5.74) is 2.92. The average molecular weight is 344 g/mol. The minimum absolute atomic E-state index is 0.0186. The highest BCUT2D eigenvalue weighted by Gasteiger charge is 2.10. The number of hydrogen-bond acceptors (Lipinski definition) is 3. The number of benzene rings is 2. The first-order valence-corrected chi connectivity index (χ1v) is 7.23. The molecule has 0 heterocycles. The molecule has 2 aromatic rings. The highest BCUT2D eigenvalue weighted by atomic mass is 79.9. The molecule has 0 aliphatic carbocycles. The van der Waals surface area contributed by atoms with Gasteiger partial charge in [-0.15, -0.1) is 0 Å². The van der Waals surface area contributed by atoms with Gasteiger partial charge in [-0.2, -0.15) is 5.26 Å².